The fourth-order valence-corrected chi connectivity index (χ4v) is 3.54. The van der Waals surface area contributed by atoms with E-state index in [4.69, 9.17) is 4.42 Å². The number of furan rings is 1. The first-order chi connectivity index (χ1) is 13.2. The van der Waals surface area contributed by atoms with Gasteiger partial charge in [0.1, 0.15) is 0 Å². The molecule has 0 saturated carbocycles. The predicted molar refractivity (Wildman–Crippen MR) is 102 cm³/mol. The van der Waals surface area contributed by atoms with E-state index in [1.807, 2.05) is 23.6 Å². The van der Waals surface area contributed by atoms with Crippen molar-refractivity contribution >= 4 is 34.0 Å². The van der Waals surface area contributed by atoms with Crippen LogP contribution in [-0.4, -0.2) is 52.8 Å². The van der Waals surface area contributed by atoms with Gasteiger partial charge in [0.05, 0.1) is 6.26 Å². The number of anilines is 2. The molecule has 1 N–H and O–H groups in total. The first-order valence-electron chi connectivity index (χ1n) is 8.59. The van der Waals surface area contributed by atoms with Gasteiger partial charge in [0, 0.05) is 49.0 Å². The summed E-state index contributed by atoms with van der Waals surface area (Å²) < 4.78 is 5.17. The molecule has 3 aromatic rings. The minimum Gasteiger partial charge on any atom is -0.459 e. The molecule has 2 aromatic heterocycles. The molecule has 4 rings (SSSR count). The van der Waals surface area contributed by atoms with Crippen molar-refractivity contribution in [2.75, 3.05) is 31.5 Å². The number of carbonyl (C=O) groups excluding carboxylic acids is 2. The maximum absolute atomic E-state index is 12.8. The molecule has 8 heteroatoms. The van der Waals surface area contributed by atoms with Crippen LogP contribution in [0.15, 0.2) is 58.7 Å². The standard InChI is InChI=1S/C19H18N4O3S/c24-17(14-3-1-4-15(13-14)21-19-20-6-12-27-19)22-7-9-23(10-8-22)18(25)16-5-2-11-26-16/h1-6,11-13H,7-10H2,(H,20,21). The Labute approximate surface area is 160 Å². The monoisotopic (exact) mass is 382 g/mol. The number of benzene rings is 1. The van der Waals surface area contributed by atoms with E-state index >= 15 is 0 Å². The third kappa shape index (κ3) is 3.85. The van der Waals surface area contributed by atoms with Gasteiger partial charge in [-0.05, 0) is 30.3 Å². The summed E-state index contributed by atoms with van der Waals surface area (Å²) in [5, 5.41) is 5.86. The molecule has 1 fully saturated rings. The minimum atomic E-state index is -0.137. The number of piperazine rings is 1. The number of nitrogens with one attached hydrogen (secondary N) is 1. The van der Waals surface area contributed by atoms with Crippen molar-refractivity contribution in [3.8, 4) is 0 Å². The number of thiazole rings is 1. The topological polar surface area (TPSA) is 78.7 Å². The number of nitrogens with zero attached hydrogens (tertiary/aromatic N) is 3. The van der Waals surface area contributed by atoms with Gasteiger partial charge in [0.25, 0.3) is 11.8 Å². The highest BCUT2D eigenvalue weighted by molar-refractivity contribution is 7.13. The molecule has 3 heterocycles. The van der Waals surface area contributed by atoms with Crippen molar-refractivity contribution in [1.29, 1.82) is 0 Å². The zero-order valence-corrected chi connectivity index (χ0v) is 15.3. The number of rotatable bonds is 4. The first-order valence-corrected chi connectivity index (χ1v) is 9.47. The molecule has 0 spiro atoms. The van der Waals surface area contributed by atoms with Crippen molar-refractivity contribution in [3.05, 3.63) is 65.6 Å². The van der Waals surface area contributed by atoms with Crippen LogP contribution < -0.4 is 5.32 Å². The van der Waals surface area contributed by atoms with Crippen molar-refractivity contribution in [3.63, 3.8) is 0 Å². The molecule has 27 heavy (non-hydrogen) atoms. The van der Waals surface area contributed by atoms with Crippen LogP contribution in [0.5, 0.6) is 0 Å². The highest BCUT2D eigenvalue weighted by Gasteiger charge is 2.26. The fourth-order valence-electron chi connectivity index (χ4n) is 2.99. The van der Waals surface area contributed by atoms with Crippen molar-refractivity contribution < 1.29 is 14.0 Å². The fraction of sp³-hybridized carbons (Fsp3) is 0.211. The predicted octanol–water partition coefficient (Wildman–Crippen LogP) is 3.08. The van der Waals surface area contributed by atoms with Crippen molar-refractivity contribution in [2.24, 2.45) is 0 Å². The zero-order chi connectivity index (χ0) is 18.6. The Hall–Kier alpha value is -3.13. The molecule has 1 saturated heterocycles. The lowest BCUT2D eigenvalue weighted by Crippen LogP contribution is -2.50. The second kappa shape index (κ2) is 7.63. The quantitative estimate of drug-likeness (QED) is 0.750. The summed E-state index contributed by atoms with van der Waals surface area (Å²) in [6, 6.07) is 10.7. The highest BCUT2D eigenvalue weighted by Crippen LogP contribution is 2.20. The minimum absolute atomic E-state index is 0.0390. The van der Waals surface area contributed by atoms with E-state index in [0.717, 1.165) is 10.8 Å². The molecule has 0 radical (unpaired) electrons. The van der Waals surface area contributed by atoms with Gasteiger partial charge in [-0.15, -0.1) is 11.3 Å². The average molecular weight is 382 g/mol. The van der Waals surface area contributed by atoms with Gasteiger partial charge < -0.3 is 19.5 Å². The number of hydrogen-bond acceptors (Lipinski definition) is 6. The van der Waals surface area contributed by atoms with Crippen LogP contribution in [0.3, 0.4) is 0 Å². The second-order valence-electron chi connectivity index (χ2n) is 6.10. The van der Waals surface area contributed by atoms with Gasteiger partial charge in [-0.3, -0.25) is 9.59 Å². The van der Waals surface area contributed by atoms with Crippen LogP contribution in [0.2, 0.25) is 0 Å². The Kier molecular flexibility index (Phi) is 4.88. The SMILES string of the molecule is O=C(c1cccc(Nc2nccs2)c1)N1CCN(C(=O)c2ccco2)CC1. The molecule has 0 unspecified atom stereocenters. The number of aromatic nitrogens is 1. The van der Waals surface area contributed by atoms with E-state index in [0.29, 0.717) is 37.5 Å². The van der Waals surface area contributed by atoms with E-state index in [-0.39, 0.29) is 11.8 Å². The molecule has 0 atom stereocenters. The average Bonchev–Trinajstić information content (AvgIpc) is 3.41. The van der Waals surface area contributed by atoms with Crippen LogP contribution in [0.25, 0.3) is 0 Å². The highest BCUT2D eigenvalue weighted by atomic mass is 32.1. The third-order valence-corrected chi connectivity index (χ3v) is 5.07. The summed E-state index contributed by atoms with van der Waals surface area (Å²) in [5.41, 5.74) is 1.44. The van der Waals surface area contributed by atoms with E-state index in [2.05, 4.69) is 10.3 Å². The molecular formula is C19H18N4O3S. The maximum atomic E-state index is 12.8. The van der Waals surface area contributed by atoms with Gasteiger partial charge in [0.15, 0.2) is 10.9 Å². The Morgan fingerprint density at radius 1 is 1.04 bits per heavy atom. The molecule has 0 bridgehead atoms. The summed E-state index contributed by atoms with van der Waals surface area (Å²) in [5.74, 6) is 0.153. The summed E-state index contributed by atoms with van der Waals surface area (Å²) in [7, 11) is 0. The number of carbonyl (C=O) groups is 2. The first kappa shape index (κ1) is 17.3. The van der Waals surface area contributed by atoms with Gasteiger partial charge in [-0.2, -0.15) is 0 Å². The second-order valence-corrected chi connectivity index (χ2v) is 7.00. The Balaban J connectivity index is 1.38. The number of amides is 2. The van der Waals surface area contributed by atoms with Gasteiger partial charge >= 0.3 is 0 Å². The normalized spacial score (nSPS) is 14.2. The smallest absolute Gasteiger partial charge is 0.289 e. The molecule has 1 aliphatic rings. The molecule has 7 nitrogen and oxygen atoms in total. The zero-order valence-electron chi connectivity index (χ0n) is 14.5. The molecule has 2 amide bonds. The van der Waals surface area contributed by atoms with E-state index in [1.165, 1.54) is 17.6 Å². The number of hydrogen-bond donors (Lipinski definition) is 1. The Bertz CT molecular complexity index is 916. The summed E-state index contributed by atoms with van der Waals surface area (Å²) in [6.07, 6.45) is 3.21. The maximum Gasteiger partial charge on any atom is 0.289 e. The van der Waals surface area contributed by atoms with Crippen LogP contribution in [-0.2, 0) is 0 Å². The molecule has 138 valence electrons. The van der Waals surface area contributed by atoms with E-state index in [9.17, 15) is 9.59 Å². The lowest BCUT2D eigenvalue weighted by molar-refractivity contribution is 0.0518. The van der Waals surface area contributed by atoms with E-state index < -0.39 is 0 Å². The molecular weight excluding hydrogens is 364 g/mol. The summed E-state index contributed by atoms with van der Waals surface area (Å²) >= 11 is 1.50. The van der Waals surface area contributed by atoms with E-state index in [1.54, 1.807) is 34.2 Å². The van der Waals surface area contributed by atoms with Crippen molar-refractivity contribution in [1.82, 2.24) is 14.8 Å². The third-order valence-electron chi connectivity index (χ3n) is 4.38. The van der Waals surface area contributed by atoms with Crippen molar-refractivity contribution in [2.45, 2.75) is 0 Å². The largest absolute Gasteiger partial charge is 0.459 e. The van der Waals surface area contributed by atoms with Gasteiger partial charge in [-0.25, -0.2) is 4.98 Å². The van der Waals surface area contributed by atoms with Crippen LogP contribution >= 0.6 is 11.3 Å². The Morgan fingerprint density at radius 3 is 2.48 bits per heavy atom. The summed E-state index contributed by atoms with van der Waals surface area (Å²) in [6.45, 7) is 1.97. The van der Waals surface area contributed by atoms with Gasteiger partial charge in [0.2, 0.25) is 0 Å². The van der Waals surface area contributed by atoms with Crippen LogP contribution in [0.1, 0.15) is 20.9 Å². The lowest BCUT2D eigenvalue weighted by atomic mass is 10.1. The molecule has 0 aliphatic carbocycles. The van der Waals surface area contributed by atoms with Crippen LogP contribution in [0, 0.1) is 0 Å². The lowest BCUT2D eigenvalue weighted by Gasteiger charge is -2.34. The van der Waals surface area contributed by atoms with Gasteiger partial charge in [-0.1, -0.05) is 6.07 Å². The molecule has 1 aromatic carbocycles. The molecule has 1 aliphatic heterocycles. The summed E-state index contributed by atoms with van der Waals surface area (Å²) in [4.78, 5) is 32.8. The van der Waals surface area contributed by atoms with Crippen LogP contribution in [0.4, 0.5) is 10.8 Å². The Morgan fingerprint density at radius 2 is 1.81 bits per heavy atom.